The highest BCUT2D eigenvalue weighted by atomic mass is 16.1. The van der Waals surface area contributed by atoms with E-state index in [9.17, 15) is 4.79 Å². The number of aryl methyl sites for hydroxylation is 1. The maximum absolute atomic E-state index is 12.5. The van der Waals surface area contributed by atoms with E-state index >= 15 is 0 Å². The molecule has 1 amide bonds. The standard InChI is InChI=1S/C22H20N4O/c1-15-11-24-21(14-23-15)22(27)26-12-18(16-7-3-2-4-8-16)19-13-25-20-10-6-5-9-17(19)20/h2-11,13-14,18,25H,12H2,1H3,(H,26,27)/t18-/m1/s1. The van der Waals surface area contributed by atoms with Crippen molar-refractivity contribution in [1.29, 1.82) is 0 Å². The summed E-state index contributed by atoms with van der Waals surface area (Å²) < 4.78 is 0. The van der Waals surface area contributed by atoms with Gasteiger partial charge in [-0.05, 0) is 24.1 Å². The number of carbonyl (C=O) groups is 1. The van der Waals surface area contributed by atoms with Gasteiger partial charge >= 0.3 is 0 Å². The number of carbonyl (C=O) groups excluding carboxylic acids is 1. The van der Waals surface area contributed by atoms with Crippen LogP contribution >= 0.6 is 0 Å². The fourth-order valence-corrected chi connectivity index (χ4v) is 3.27. The number of hydrogen-bond donors (Lipinski definition) is 2. The minimum atomic E-state index is -0.219. The first-order chi connectivity index (χ1) is 13.2. The number of hydrogen-bond acceptors (Lipinski definition) is 3. The van der Waals surface area contributed by atoms with Crippen LogP contribution in [0.4, 0.5) is 0 Å². The first kappa shape index (κ1) is 17.0. The summed E-state index contributed by atoms with van der Waals surface area (Å²) in [6, 6.07) is 18.4. The Kier molecular flexibility index (Phi) is 4.66. The molecule has 0 unspecified atom stereocenters. The molecule has 27 heavy (non-hydrogen) atoms. The number of benzene rings is 2. The van der Waals surface area contributed by atoms with E-state index in [0.717, 1.165) is 27.7 Å². The van der Waals surface area contributed by atoms with Crippen molar-refractivity contribution < 1.29 is 4.79 Å². The summed E-state index contributed by atoms with van der Waals surface area (Å²) in [5, 5.41) is 4.18. The Labute approximate surface area is 157 Å². The maximum atomic E-state index is 12.5. The third-order valence-corrected chi connectivity index (χ3v) is 4.68. The van der Waals surface area contributed by atoms with Crippen LogP contribution in [0, 0.1) is 6.92 Å². The van der Waals surface area contributed by atoms with Gasteiger partial charge in [-0.25, -0.2) is 4.98 Å². The van der Waals surface area contributed by atoms with Gasteiger partial charge in [0.05, 0.1) is 11.9 Å². The largest absolute Gasteiger partial charge is 0.361 e. The van der Waals surface area contributed by atoms with Gasteiger partial charge in [0, 0.05) is 35.8 Å². The average Bonchev–Trinajstić information content (AvgIpc) is 3.13. The molecule has 0 spiro atoms. The number of amides is 1. The zero-order valence-electron chi connectivity index (χ0n) is 15.0. The van der Waals surface area contributed by atoms with Crippen LogP contribution in [-0.2, 0) is 0 Å². The Morgan fingerprint density at radius 2 is 1.81 bits per heavy atom. The molecule has 5 nitrogen and oxygen atoms in total. The van der Waals surface area contributed by atoms with E-state index in [4.69, 9.17) is 0 Å². The second kappa shape index (κ2) is 7.41. The predicted octanol–water partition coefficient (Wildman–Crippen LogP) is 3.83. The van der Waals surface area contributed by atoms with Crippen LogP contribution in [-0.4, -0.2) is 27.4 Å². The Morgan fingerprint density at radius 3 is 2.59 bits per heavy atom. The topological polar surface area (TPSA) is 70.7 Å². The van der Waals surface area contributed by atoms with Gasteiger partial charge in [-0.15, -0.1) is 0 Å². The van der Waals surface area contributed by atoms with Crippen molar-refractivity contribution in [2.45, 2.75) is 12.8 Å². The molecule has 134 valence electrons. The Bertz CT molecular complexity index is 1050. The maximum Gasteiger partial charge on any atom is 0.271 e. The van der Waals surface area contributed by atoms with E-state index in [1.807, 2.05) is 43.5 Å². The number of nitrogens with zero attached hydrogens (tertiary/aromatic N) is 2. The van der Waals surface area contributed by atoms with Crippen LogP contribution in [0.25, 0.3) is 10.9 Å². The van der Waals surface area contributed by atoms with Crippen LogP contribution in [0.3, 0.4) is 0 Å². The molecule has 1 atom stereocenters. The SMILES string of the molecule is Cc1cnc(C(=O)NC[C@H](c2ccccc2)c2c[nH]c3ccccc23)cn1. The van der Waals surface area contributed by atoms with Gasteiger partial charge in [0.15, 0.2) is 0 Å². The molecule has 0 radical (unpaired) electrons. The van der Waals surface area contributed by atoms with Gasteiger partial charge in [-0.1, -0.05) is 48.5 Å². The molecule has 0 aliphatic heterocycles. The second-order valence-corrected chi connectivity index (χ2v) is 6.51. The summed E-state index contributed by atoms with van der Waals surface area (Å²) >= 11 is 0. The average molecular weight is 356 g/mol. The van der Waals surface area contributed by atoms with Gasteiger partial charge in [-0.3, -0.25) is 9.78 Å². The van der Waals surface area contributed by atoms with E-state index in [-0.39, 0.29) is 11.8 Å². The van der Waals surface area contributed by atoms with E-state index in [0.29, 0.717) is 12.2 Å². The zero-order valence-corrected chi connectivity index (χ0v) is 15.0. The van der Waals surface area contributed by atoms with Crippen molar-refractivity contribution >= 4 is 16.8 Å². The van der Waals surface area contributed by atoms with Crippen LogP contribution in [0.1, 0.15) is 33.2 Å². The van der Waals surface area contributed by atoms with Gasteiger partial charge < -0.3 is 10.3 Å². The van der Waals surface area contributed by atoms with E-state index in [2.05, 4.69) is 44.5 Å². The minimum absolute atomic E-state index is 0.0321. The molecule has 0 fully saturated rings. The van der Waals surface area contributed by atoms with Crippen molar-refractivity contribution in [2.24, 2.45) is 0 Å². The Balaban J connectivity index is 1.63. The number of para-hydroxylation sites is 1. The van der Waals surface area contributed by atoms with Gasteiger partial charge in [-0.2, -0.15) is 0 Å². The number of aromatic nitrogens is 3. The summed E-state index contributed by atoms with van der Waals surface area (Å²) in [6.45, 7) is 2.32. The molecular weight excluding hydrogens is 336 g/mol. The van der Waals surface area contributed by atoms with Crippen molar-refractivity contribution in [3.63, 3.8) is 0 Å². The number of aromatic amines is 1. The van der Waals surface area contributed by atoms with Gasteiger partial charge in [0.1, 0.15) is 5.69 Å². The van der Waals surface area contributed by atoms with Crippen LogP contribution in [0.5, 0.6) is 0 Å². The normalized spacial score (nSPS) is 12.0. The monoisotopic (exact) mass is 356 g/mol. The molecule has 0 aliphatic rings. The lowest BCUT2D eigenvalue weighted by molar-refractivity contribution is 0.0947. The summed E-state index contributed by atoms with van der Waals surface area (Å²) in [4.78, 5) is 24.1. The quantitative estimate of drug-likeness (QED) is 0.571. The minimum Gasteiger partial charge on any atom is -0.361 e. The lowest BCUT2D eigenvalue weighted by Gasteiger charge is -2.18. The molecule has 4 aromatic rings. The first-order valence-corrected chi connectivity index (χ1v) is 8.90. The molecule has 4 rings (SSSR count). The lowest BCUT2D eigenvalue weighted by Crippen LogP contribution is -2.29. The van der Waals surface area contributed by atoms with Crippen molar-refractivity contribution in [3.8, 4) is 0 Å². The van der Waals surface area contributed by atoms with Crippen molar-refractivity contribution in [1.82, 2.24) is 20.3 Å². The highest BCUT2D eigenvalue weighted by molar-refractivity contribution is 5.92. The third kappa shape index (κ3) is 3.58. The molecule has 0 bridgehead atoms. The van der Waals surface area contributed by atoms with Crippen molar-refractivity contribution in [2.75, 3.05) is 6.54 Å². The smallest absolute Gasteiger partial charge is 0.271 e. The summed E-state index contributed by atoms with van der Waals surface area (Å²) in [6.07, 6.45) is 5.14. The number of H-pyrrole nitrogens is 1. The summed E-state index contributed by atoms with van der Waals surface area (Å²) in [7, 11) is 0. The van der Waals surface area contributed by atoms with Crippen LogP contribution in [0.2, 0.25) is 0 Å². The molecule has 0 saturated carbocycles. The summed E-state index contributed by atoms with van der Waals surface area (Å²) in [5.74, 6) is -0.187. The molecule has 2 aromatic carbocycles. The highest BCUT2D eigenvalue weighted by Crippen LogP contribution is 2.30. The predicted molar refractivity (Wildman–Crippen MR) is 106 cm³/mol. The zero-order chi connectivity index (χ0) is 18.6. The molecule has 2 aromatic heterocycles. The van der Waals surface area contributed by atoms with Crippen molar-refractivity contribution in [3.05, 3.63) is 95.7 Å². The molecule has 5 heteroatoms. The van der Waals surface area contributed by atoms with E-state index in [1.165, 1.54) is 6.20 Å². The van der Waals surface area contributed by atoms with Crippen LogP contribution in [0.15, 0.2) is 73.2 Å². The first-order valence-electron chi connectivity index (χ1n) is 8.90. The molecule has 2 heterocycles. The third-order valence-electron chi connectivity index (χ3n) is 4.68. The molecule has 0 aliphatic carbocycles. The fourth-order valence-electron chi connectivity index (χ4n) is 3.27. The van der Waals surface area contributed by atoms with Gasteiger partial charge in [0.25, 0.3) is 5.91 Å². The molecule has 0 saturated heterocycles. The van der Waals surface area contributed by atoms with Crippen LogP contribution < -0.4 is 5.32 Å². The fraction of sp³-hybridized carbons (Fsp3) is 0.136. The Morgan fingerprint density at radius 1 is 1.04 bits per heavy atom. The highest BCUT2D eigenvalue weighted by Gasteiger charge is 2.19. The second-order valence-electron chi connectivity index (χ2n) is 6.51. The lowest BCUT2D eigenvalue weighted by atomic mass is 9.91. The van der Waals surface area contributed by atoms with Gasteiger partial charge in [0.2, 0.25) is 0 Å². The summed E-state index contributed by atoms with van der Waals surface area (Å²) in [5.41, 5.74) is 4.51. The molecule has 2 N–H and O–H groups in total. The molecular formula is C22H20N4O. The number of rotatable bonds is 5. The van der Waals surface area contributed by atoms with E-state index in [1.54, 1.807) is 6.20 Å². The number of fused-ring (bicyclic) bond motifs is 1. The Hall–Kier alpha value is -3.47. The number of nitrogens with one attached hydrogen (secondary N) is 2. The van der Waals surface area contributed by atoms with E-state index < -0.39 is 0 Å².